The van der Waals surface area contributed by atoms with Crippen LogP contribution in [0.15, 0.2) is 48.7 Å². The molecule has 2 aromatic rings. The van der Waals surface area contributed by atoms with Crippen LogP contribution in [-0.2, 0) is 9.53 Å². The summed E-state index contributed by atoms with van der Waals surface area (Å²) in [6.07, 6.45) is 3.53. The number of benzene rings is 1. The van der Waals surface area contributed by atoms with Crippen LogP contribution in [-0.4, -0.2) is 40.6 Å². The molecule has 0 radical (unpaired) electrons. The zero-order valence-electron chi connectivity index (χ0n) is 17.4. The van der Waals surface area contributed by atoms with Crippen molar-refractivity contribution in [3.05, 3.63) is 48.7 Å². The number of likely N-dealkylation sites (tertiary alicyclic amines) is 1. The quantitative estimate of drug-likeness (QED) is 0.813. The second-order valence-electron chi connectivity index (χ2n) is 8.46. The van der Waals surface area contributed by atoms with E-state index in [-0.39, 0.29) is 17.9 Å². The summed E-state index contributed by atoms with van der Waals surface area (Å²) in [4.78, 5) is 30.6. The van der Waals surface area contributed by atoms with Crippen LogP contribution in [0.1, 0.15) is 40.0 Å². The highest BCUT2D eigenvalue weighted by molar-refractivity contribution is 5.90. The van der Waals surface area contributed by atoms with E-state index >= 15 is 0 Å². The number of nitrogens with zero attached hydrogens (tertiary/aromatic N) is 2. The number of carbonyl (C=O) groups is 2. The Balaban J connectivity index is 1.45. The summed E-state index contributed by atoms with van der Waals surface area (Å²) in [6, 6.07) is 13.8. The van der Waals surface area contributed by atoms with E-state index in [2.05, 4.69) is 10.3 Å². The number of carbonyl (C=O) groups excluding carboxylic acids is 2. The maximum absolute atomic E-state index is 12.4. The first kappa shape index (κ1) is 20.8. The Bertz CT molecular complexity index is 821. The third-order valence-electron chi connectivity index (χ3n) is 4.88. The topological polar surface area (TPSA) is 71.5 Å². The normalized spacial score (nSPS) is 15.1. The number of nitrogens with one attached hydrogen (secondary N) is 1. The number of anilines is 1. The van der Waals surface area contributed by atoms with Crippen LogP contribution >= 0.6 is 0 Å². The molecule has 0 aliphatic carbocycles. The molecule has 0 atom stereocenters. The first-order chi connectivity index (χ1) is 13.8. The summed E-state index contributed by atoms with van der Waals surface area (Å²) in [6.45, 7) is 6.83. The first-order valence-corrected chi connectivity index (χ1v) is 10.1. The Morgan fingerprint density at radius 2 is 1.76 bits per heavy atom. The van der Waals surface area contributed by atoms with Gasteiger partial charge in [-0.15, -0.1) is 0 Å². The molecule has 154 valence electrons. The molecule has 1 aliphatic rings. The van der Waals surface area contributed by atoms with Gasteiger partial charge < -0.3 is 15.0 Å². The fourth-order valence-corrected chi connectivity index (χ4v) is 3.37. The number of hydrogen-bond acceptors (Lipinski definition) is 4. The van der Waals surface area contributed by atoms with Crippen LogP contribution in [0.4, 0.5) is 10.6 Å². The summed E-state index contributed by atoms with van der Waals surface area (Å²) in [5, 5.41) is 2.88. The minimum atomic E-state index is -0.489. The van der Waals surface area contributed by atoms with Gasteiger partial charge in [-0.25, -0.2) is 9.78 Å². The average molecular weight is 396 g/mol. The highest BCUT2D eigenvalue weighted by atomic mass is 16.6. The largest absolute Gasteiger partial charge is 0.444 e. The molecule has 29 heavy (non-hydrogen) atoms. The minimum absolute atomic E-state index is 0.0410. The van der Waals surface area contributed by atoms with E-state index < -0.39 is 5.60 Å². The van der Waals surface area contributed by atoms with Crippen LogP contribution in [0.3, 0.4) is 0 Å². The van der Waals surface area contributed by atoms with Gasteiger partial charge in [0, 0.05) is 31.3 Å². The molecule has 1 fully saturated rings. The van der Waals surface area contributed by atoms with Crippen LogP contribution < -0.4 is 5.32 Å². The number of piperidine rings is 1. The molecule has 1 aliphatic heterocycles. The predicted molar refractivity (Wildman–Crippen MR) is 113 cm³/mol. The van der Waals surface area contributed by atoms with E-state index in [9.17, 15) is 9.59 Å². The smallest absolute Gasteiger partial charge is 0.410 e. The SMILES string of the molecule is CC(C)(C)OC(=O)N1CCC(CC(=O)Nc2ccc(-c3ccccc3)cn2)CC1. The average Bonchev–Trinajstić information content (AvgIpc) is 2.68. The van der Waals surface area contributed by atoms with Crippen molar-refractivity contribution in [1.29, 1.82) is 0 Å². The predicted octanol–water partition coefficient (Wildman–Crippen LogP) is 4.72. The van der Waals surface area contributed by atoms with E-state index in [1.54, 1.807) is 11.1 Å². The zero-order valence-corrected chi connectivity index (χ0v) is 17.4. The first-order valence-electron chi connectivity index (χ1n) is 10.1. The number of hydrogen-bond donors (Lipinski definition) is 1. The van der Waals surface area contributed by atoms with Crippen molar-refractivity contribution in [3.63, 3.8) is 0 Å². The summed E-state index contributed by atoms with van der Waals surface area (Å²) in [5.41, 5.74) is 1.62. The second-order valence-corrected chi connectivity index (χ2v) is 8.46. The van der Waals surface area contributed by atoms with Gasteiger partial charge in [-0.1, -0.05) is 30.3 Å². The molecule has 1 saturated heterocycles. The molecule has 6 nitrogen and oxygen atoms in total. The van der Waals surface area contributed by atoms with Crippen LogP contribution in [0.25, 0.3) is 11.1 Å². The molecule has 0 unspecified atom stereocenters. The Kier molecular flexibility index (Phi) is 6.52. The highest BCUT2D eigenvalue weighted by Gasteiger charge is 2.27. The summed E-state index contributed by atoms with van der Waals surface area (Å²) in [5.74, 6) is 0.777. The number of ether oxygens (including phenoxy) is 1. The molecule has 0 spiro atoms. The summed E-state index contributed by atoms with van der Waals surface area (Å²) >= 11 is 0. The maximum Gasteiger partial charge on any atom is 0.410 e. The van der Waals surface area contributed by atoms with Gasteiger partial charge in [-0.3, -0.25) is 4.79 Å². The van der Waals surface area contributed by atoms with Crippen molar-refractivity contribution in [2.75, 3.05) is 18.4 Å². The molecule has 1 aromatic heterocycles. The van der Waals surface area contributed by atoms with Crippen LogP contribution in [0.2, 0.25) is 0 Å². The van der Waals surface area contributed by atoms with Gasteiger partial charge in [0.15, 0.2) is 0 Å². The molecule has 1 aromatic carbocycles. The minimum Gasteiger partial charge on any atom is -0.444 e. The molecular formula is C23H29N3O3. The lowest BCUT2D eigenvalue weighted by atomic mass is 9.93. The van der Waals surface area contributed by atoms with Crippen molar-refractivity contribution in [2.24, 2.45) is 5.92 Å². The maximum atomic E-state index is 12.4. The standard InChI is InChI=1S/C23H29N3O3/c1-23(2,3)29-22(28)26-13-11-17(12-14-26)15-21(27)25-20-10-9-19(16-24-20)18-7-5-4-6-8-18/h4-10,16-17H,11-15H2,1-3H3,(H,24,25,27). The monoisotopic (exact) mass is 395 g/mol. The second kappa shape index (κ2) is 9.07. The fraction of sp³-hybridized carbons (Fsp3) is 0.435. The molecule has 2 heterocycles. The molecule has 2 amide bonds. The van der Waals surface area contributed by atoms with Crippen molar-refractivity contribution >= 4 is 17.8 Å². The molecule has 1 N–H and O–H groups in total. The lowest BCUT2D eigenvalue weighted by Crippen LogP contribution is -2.42. The van der Waals surface area contributed by atoms with Gasteiger partial charge >= 0.3 is 6.09 Å². The van der Waals surface area contributed by atoms with E-state index in [0.29, 0.717) is 25.3 Å². The van der Waals surface area contributed by atoms with Gasteiger partial charge in [0.2, 0.25) is 5.91 Å². The van der Waals surface area contributed by atoms with Crippen molar-refractivity contribution in [2.45, 2.75) is 45.6 Å². The van der Waals surface area contributed by atoms with Crippen molar-refractivity contribution < 1.29 is 14.3 Å². The molecular weight excluding hydrogens is 366 g/mol. The van der Waals surface area contributed by atoms with Crippen LogP contribution in [0.5, 0.6) is 0 Å². The zero-order chi connectivity index (χ0) is 20.9. The Morgan fingerprint density at radius 3 is 2.34 bits per heavy atom. The van der Waals surface area contributed by atoms with Gasteiger partial charge in [-0.2, -0.15) is 0 Å². The summed E-state index contributed by atoms with van der Waals surface area (Å²) < 4.78 is 5.41. The van der Waals surface area contributed by atoms with Crippen LogP contribution in [0, 0.1) is 5.92 Å². The van der Waals surface area contributed by atoms with Gasteiger partial charge in [0.25, 0.3) is 0 Å². The number of amides is 2. The number of rotatable bonds is 4. The van der Waals surface area contributed by atoms with Crippen molar-refractivity contribution in [3.8, 4) is 11.1 Å². The molecule has 0 bridgehead atoms. The highest BCUT2D eigenvalue weighted by Crippen LogP contribution is 2.23. The Labute approximate surface area is 172 Å². The van der Waals surface area contributed by atoms with Gasteiger partial charge in [0.1, 0.15) is 11.4 Å². The molecule has 6 heteroatoms. The van der Waals surface area contributed by atoms with E-state index in [4.69, 9.17) is 4.74 Å². The third kappa shape index (κ3) is 6.31. The molecule has 0 saturated carbocycles. The summed E-state index contributed by atoms with van der Waals surface area (Å²) in [7, 11) is 0. The van der Waals surface area contributed by atoms with Gasteiger partial charge in [-0.05, 0) is 57.2 Å². The number of pyridine rings is 1. The third-order valence-corrected chi connectivity index (χ3v) is 4.88. The molecule has 3 rings (SSSR count). The van der Waals surface area contributed by atoms with E-state index in [1.165, 1.54) is 0 Å². The lowest BCUT2D eigenvalue weighted by Gasteiger charge is -2.33. The van der Waals surface area contributed by atoms with Gasteiger partial charge in [0.05, 0.1) is 0 Å². The Morgan fingerprint density at radius 1 is 1.07 bits per heavy atom. The Hall–Kier alpha value is -2.89. The van der Waals surface area contributed by atoms with E-state index in [1.807, 2.05) is 63.2 Å². The fourth-order valence-electron chi connectivity index (χ4n) is 3.37. The van der Waals surface area contributed by atoms with Crippen molar-refractivity contribution in [1.82, 2.24) is 9.88 Å². The van der Waals surface area contributed by atoms with E-state index in [0.717, 1.165) is 24.0 Å². The lowest BCUT2D eigenvalue weighted by molar-refractivity contribution is -0.117. The number of aromatic nitrogens is 1.